The average Bonchev–Trinajstić information content (AvgIpc) is 3.88. The molecule has 0 radical (unpaired) electrons. The van der Waals surface area contributed by atoms with Crippen LogP contribution in [0.1, 0.15) is 119 Å². The number of unbranched alkanes of at least 4 members (excludes halogenated alkanes) is 2. The summed E-state index contributed by atoms with van der Waals surface area (Å²) >= 11 is 12.8. The van der Waals surface area contributed by atoms with Crippen molar-refractivity contribution in [3.63, 3.8) is 0 Å². The summed E-state index contributed by atoms with van der Waals surface area (Å²) in [5.74, 6) is -5.71. The van der Waals surface area contributed by atoms with Crippen molar-refractivity contribution in [1.82, 2.24) is 20.9 Å². The molecule has 18 heteroatoms. The summed E-state index contributed by atoms with van der Waals surface area (Å²) in [6.07, 6.45) is 5.68. The minimum atomic E-state index is -1.38. The van der Waals surface area contributed by atoms with Crippen LogP contribution in [0.25, 0.3) is 0 Å². The molecular weight excluding hydrogens is 918 g/mol. The number of benzene rings is 4. The number of hydrogen-bond donors (Lipinski definition) is 5. The van der Waals surface area contributed by atoms with Gasteiger partial charge in [0.25, 0.3) is 17.7 Å². The third-order valence-electron chi connectivity index (χ3n) is 14.0. The number of anilines is 2. The first-order valence-electron chi connectivity index (χ1n) is 22.8. The van der Waals surface area contributed by atoms with E-state index in [2.05, 4.69) is 26.6 Å². The third kappa shape index (κ3) is 8.21. The van der Waals surface area contributed by atoms with E-state index in [1.54, 1.807) is 54.6 Å². The molecule has 4 aromatic carbocycles. The van der Waals surface area contributed by atoms with Gasteiger partial charge in [-0.15, -0.1) is 0 Å². The minimum Gasteiger partial charge on any atom is -0.483 e. The second kappa shape index (κ2) is 18.9. The van der Waals surface area contributed by atoms with Gasteiger partial charge in [-0.05, 0) is 97.8 Å². The lowest BCUT2D eigenvalue weighted by molar-refractivity contribution is -0.136. The molecule has 4 heterocycles. The lowest BCUT2D eigenvalue weighted by atomic mass is 9.55. The summed E-state index contributed by atoms with van der Waals surface area (Å²) in [5.41, 5.74) is -0.122. The number of ether oxygens (including phenoxy) is 1. The van der Waals surface area contributed by atoms with E-state index in [0.29, 0.717) is 66.2 Å². The first-order valence-corrected chi connectivity index (χ1v) is 23.5. The first-order chi connectivity index (χ1) is 32.7. The van der Waals surface area contributed by atoms with Crippen LogP contribution in [0.3, 0.4) is 0 Å². The molecule has 5 aliphatic rings. The van der Waals surface area contributed by atoms with Gasteiger partial charge in [0.2, 0.25) is 23.6 Å². The lowest BCUT2D eigenvalue weighted by Gasteiger charge is -2.47. The number of carbonyl (C=O) groups excluding carboxylic acids is 8. The second-order valence-electron chi connectivity index (χ2n) is 17.9. The molecule has 7 amide bonds. The van der Waals surface area contributed by atoms with Gasteiger partial charge in [-0.3, -0.25) is 53.9 Å². The van der Waals surface area contributed by atoms with E-state index in [9.17, 15) is 38.4 Å². The van der Waals surface area contributed by atoms with E-state index in [-0.39, 0.29) is 58.4 Å². The Morgan fingerprint density at radius 3 is 2.38 bits per heavy atom. The van der Waals surface area contributed by atoms with Gasteiger partial charge in [0, 0.05) is 52.8 Å². The normalized spacial score (nSPS) is 22.5. The molecule has 1 saturated carbocycles. The molecule has 352 valence electrons. The van der Waals surface area contributed by atoms with Gasteiger partial charge in [0.1, 0.15) is 23.0 Å². The maximum Gasteiger partial charge on any atom is 0.266 e. The Hall–Kier alpha value is -6.49. The number of halogens is 3. The van der Waals surface area contributed by atoms with E-state index in [1.807, 2.05) is 0 Å². The van der Waals surface area contributed by atoms with Crippen LogP contribution in [0, 0.1) is 5.82 Å². The van der Waals surface area contributed by atoms with Gasteiger partial charge in [-0.1, -0.05) is 73.2 Å². The van der Waals surface area contributed by atoms with E-state index >= 15 is 4.39 Å². The third-order valence-corrected chi connectivity index (χ3v) is 14.5. The summed E-state index contributed by atoms with van der Waals surface area (Å²) in [4.78, 5) is 106. The Morgan fingerprint density at radius 2 is 1.62 bits per heavy atom. The molecular formula is C50H47Cl2FN6O9. The number of nitrogens with zero attached hydrogens (tertiary/aromatic N) is 1. The van der Waals surface area contributed by atoms with Crippen LogP contribution < -0.4 is 31.3 Å². The van der Waals surface area contributed by atoms with Gasteiger partial charge in [0.15, 0.2) is 12.4 Å². The number of Topliss-reactive ketones (excluding diaryl/α,β-unsaturated/α-hetero) is 1. The maximum atomic E-state index is 16.3. The topological polar surface area (TPSA) is 209 Å². The van der Waals surface area contributed by atoms with Crippen molar-refractivity contribution < 1.29 is 47.5 Å². The molecule has 4 atom stereocenters. The number of ketones is 1. The van der Waals surface area contributed by atoms with Crippen molar-refractivity contribution in [3.05, 3.63) is 123 Å². The molecule has 9 rings (SSSR count). The van der Waals surface area contributed by atoms with Crippen molar-refractivity contribution in [2.75, 3.05) is 23.8 Å². The zero-order valence-electron chi connectivity index (χ0n) is 36.7. The zero-order valence-corrected chi connectivity index (χ0v) is 38.2. The molecule has 4 aliphatic heterocycles. The Kier molecular flexibility index (Phi) is 12.9. The lowest BCUT2D eigenvalue weighted by Crippen LogP contribution is -2.60. The van der Waals surface area contributed by atoms with E-state index in [1.165, 1.54) is 24.3 Å². The fraction of sp³-hybridized carbons (Fsp3) is 0.360. The summed E-state index contributed by atoms with van der Waals surface area (Å²) < 4.78 is 21.9. The Morgan fingerprint density at radius 1 is 0.853 bits per heavy atom. The average molecular weight is 966 g/mol. The summed E-state index contributed by atoms with van der Waals surface area (Å²) in [6.45, 7) is -0.140. The Bertz CT molecular complexity index is 2780. The highest BCUT2D eigenvalue weighted by molar-refractivity contribution is 6.31. The van der Waals surface area contributed by atoms with Crippen LogP contribution in [0.15, 0.2) is 78.9 Å². The number of carbonyl (C=O) groups is 8. The maximum absolute atomic E-state index is 16.3. The number of rotatable bonds is 14. The molecule has 2 saturated heterocycles. The molecule has 4 aromatic rings. The molecule has 2 spiro atoms. The number of amides is 7. The number of nitrogens with one attached hydrogen (secondary N) is 5. The summed E-state index contributed by atoms with van der Waals surface area (Å²) in [6, 6.07) is 18.5. The fourth-order valence-corrected chi connectivity index (χ4v) is 11.3. The smallest absolute Gasteiger partial charge is 0.266 e. The van der Waals surface area contributed by atoms with E-state index in [4.69, 9.17) is 27.9 Å². The van der Waals surface area contributed by atoms with Crippen molar-refractivity contribution in [2.24, 2.45) is 0 Å². The van der Waals surface area contributed by atoms with Crippen LogP contribution in [0.4, 0.5) is 15.8 Å². The standard InChI is InChI=1S/C50H47Cl2FN6O9/c51-28-16-19-32-34(25-28)56-48(67)50(32)41(31-10-7-11-33(52)42(31)53)43(58-49(50)22-4-2-5-23-49)45(64)55-29-17-14-27(15-18-29)36(60)12-3-1-6-24-54-39(62)26-68-37-13-8-9-30-40(37)47(66)59(46(30)65)35-20-21-38(61)57-44(35)63/h7-11,13-19,25,35,41,43,58H,1-6,12,20-24,26H2,(H,54,62)(H,55,64)(H,56,67)(H,57,61,63)/t35?,41-,43+,50+/m0/s1. The van der Waals surface area contributed by atoms with Crippen molar-refractivity contribution in [1.29, 1.82) is 0 Å². The van der Waals surface area contributed by atoms with Crippen molar-refractivity contribution in [2.45, 2.75) is 99.6 Å². The van der Waals surface area contributed by atoms with Gasteiger partial charge < -0.3 is 20.7 Å². The first kappa shape index (κ1) is 46.6. The van der Waals surface area contributed by atoms with Crippen LogP contribution in [-0.4, -0.2) is 82.8 Å². The molecule has 1 aliphatic carbocycles. The Labute approximate surface area is 400 Å². The predicted octanol–water partition coefficient (Wildman–Crippen LogP) is 6.76. The highest BCUT2D eigenvalue weighted by Crippen LogP contribution is 2.63. The monoisotopic (exact) mass is 964 g/mol. The highest BCUT2D eigenvalue weighted by Gasteiger charge is 2.72. The second-order valence-corrected chi connectivity index (χ2v) is 18.7. The number of imide groups is 2. The fourth-order valence-electron chi connectivity index (χ4n) is 10.9. The van der Waals surface area contributed by atoms with Crippen molar-refractivity contribution in [3.8, 4) is 5.75 Å². The van der Waals surface area contributed by atoms with Gasteiger partial charge in [-0.25, -0.2) is 4.39 Å². The van der Waals surface area contributed by atoms with Crippen LogP contribution in [0.5, 0.6) is 5.75 Å². The van der Waals surface area contributed by atoms with Gasteiger partial charge >= 0.3 is 0 Å². The van der Waals surface area contributed by atoms with Gasteiger partial charge in [-0.2, -0.15) is 0 Å². The van der Waals surface area contributed by atoms with Crippen LogP contribution in [0.2, 0.25) is 10.0 Å². The molecule has 0 bridgehead atoms. The number of hydrogen-bond acceptors (Lipinski definition) is 10. The van der Waals surface area contributed by atoms with Crippen molar-refractivity contribution >= 4 is 81.7 Å². The van der Waals surface area contributed by atoms with Crippen LogP contribution >= 0.6 is 23.2 Å². The zero-order chi connectivity index (χ0) is 47.9. The molecule has 3 fully saturated rings. The predicted molar refractivity (Wildman–Crippen MR) is 248 cm³/mol. The molecule has 5 N–H and O–H groups in total. The molecule has 0 aromatic heterocycles. The van der Waals surface area contributed by atoms with E-state index < -0.39 is 76.8 Å². The highest BCUT2D eigenvalue weighted by atomic mass is 35.5. The summed E-state index contributed by atoms with van der Waals surface area (Å²) in [7, 11) is 0. The number of fused-ring (bicyclic) bond motifs is 4. The quantitative estimate of drug-likeness (QED) is 0.0510. The number of piperidine rings is 1. The minimum absolute atomic E-state index is 0.00848. The Balaban J connectivity index is 0.783. The van der Waals surface area contributed by atoms with E-state index in [0.717, 1.165) is 24.2 Å². The van der Waals surface area contributed by atoms with Crippen LogP contribution in [-0.2, 0) is 29.4 Å². The van der Waals surface area contributed by atoms with Gasteiger partial charge in [0.05, 0.1) is 22.2 Å². The molecule has 1 unspecified atom stereocenters. The molecule has 15 nitrogen and oxygen atoms in total. The SMILES string of the molecule is O=C(COc1cccc2c1C(=O)N(C1CCC(=O)NC1=O)C2=O)NCCCCCC(=O)c1ccc(NC(=O)[C@@H]2NC3(CCCCC3)[C@@]3(C(=O)Nc4cc(Cl)ccc43)[C@H]2c2cccc(Cl)c2F)cc1. The summed E-state index contributed by atoms with van der Waals surface area (Å²) in [5, 5.41) is 14.8. The molecule has 68 heavy (non-hydrogen) atoms. The largest absolute Gasteiger partial charge is 0.483 e.